The summed E-state index contributed by atoms with van der Waals surface area (Å²) in [5, 5.41) is 5.05. The monoisotopic (exact) mass is 242 g/mol. The van der Waals surface area contributed by atoms with Crippen LogP contribution in [0, 0.1) is 0 Å². The van der Waals surface area contributed by atoms with Crippen LogP contribution in [0.4, 0.5) is 0 Å². The van der Waals surface area contributed by atoms with Gasteiger partial charge in [0.05, 0.1) is 0 Å². The quantitative estimate of drug-likeness (QED) is 0.875. The highest BCUT2D eigenvalue weighted by molar-refractivity contribution is 5.84. The minimum atomic E-state index is 0.681. The van der Waals surface area contributed by atoms with Crippen LogP contribution in [0.2, 0.25) is 0 Å². The smallest absolute Gasteiger partial charge is 0.0480 e. The Morgan fingerprint density at radius 1 is 1.39 bits per heavy atom. The number of aryl methyl sites for hydroxylation is 2. The zero-order chi connectivity index (χ0) is 12.5. The van der Waals surface area contributed by atoms with Crippen LogP contribution >= 0.6 is 0 Å². The van der Waals surface area contributed by atoms with E-state index >= 15 is 0 Å². The topological polar surface area (TPSA) is 17.0 Å². The van der Waals surface area contributed by atoms with E-state index in [0.29, 0.717) is 6.04 Å². The van der Waals surface area contributed by atoms with Gasteiger partial charge in [-0.05, 0) is 55.5 Å². The van der Waals surface area contributed by atoms with Crippen LogP contribution in [0.1, 0.15) is 30.9 Å². The second-order valence-electron chi connectivity index (χ2n) is 5.47. The number of rotatable bonds is 3. The van der Waals surface area contributed by atoms with Crippen molar-refractivity contribution in [3.8, 4) is 0 Å². The standard InChI is InChI=1S/C16H22N2/c1-3-12-6-7-16-15(9-12)13(11-18(16)2)10-14-5-4-8-17-14/h6-7,9,11,14,17H,3-5,8,10H2,1-2H3. The molecule has 1 fully saturated rings. The molecule has 0 spiro atoms. The van der Waals surface area contributed by atoms with E-state index in [1.54, 1.807) is 0 Å². The molecule has 0 amide bonds. The van der Waals surface area contributed by atoms with Crippen molar-refractivity contribution in [2.45, 2.75) is 38.6 Å². The molecule has 3 rings (SSSR count). The summed E-state index contributed by atoms with van der Waals surface area (Å²) in [6.07, 6.45) is 7.25. The number of fused-ring (bicyclic) bond motifs is 1. The molecule has 1 aromatic carbocycles. The van der Waals surface area contributed by atoms with E-state index in [9.17, 15) is 0 Å². The SMILES string of the molecule is CCc1ccc2c(c1)c(CC1CCCN1)cn2C. The van der Waals surface area contributed by atoms with Crippen molar-refractivity contribution < 1.29 is 0 Å². The predicted molar refractivity (Wildman–Crippen MR) is 77.0 cm³/mol. The molecule has 0 aliphatic carbocycles. The third kappa shape index (κ3) is 2.05. The first-order valence-corrected chi connectivity index (χ1v) is 7.08. The summed E-state index contributed by atoms with van der Waals surface area (Å²) in [5.74, 6) is 0. The summed E-state index contributed by atoms with van der Waals surface area (Å²) >= 11 is 0. The number of nitrogens with zero attached hydrogens (tertiary/aromatic N) is 1. The summed E-state index contributed by atoms with van der Waals surface area (Å²) in [4.78, 5) is 0. The summed E-state index contributed by atoms with van der Waals surface area (Å²) in [7, 11) is 2.15. The molecule has 0 bridgehead atoms. The van der Waals surface area contributed by atoms with Gasteiger partial charge in [0.25, 0.3) is 0 Å². The zero-order valence-corrected chi connectivity index (χ0v) is 11.4. The van der Waals surface area contributed by atoms with Crippen molar-refractivity contribution in [1.82, 2.24) is 9.88 Å². The van der Waals surface area contributed by atoms with Gasteiger partial charge in [-0.25, -0.2) is 0 Å². The summed E-state index contributed by atoms with van der Waals surface area (Å²) in [6.45, 7) is 3.41. The molecule has 1 aromatic heterocycles. The molecule has 1 aliphatic rings. The van der Waals surface area contributed by atoms with Gasteiger partial charge in [-0.2, -0.15) is 0 Å². The second-order valence-corrected chi connectivity index (χ2v) is 5.47. The van der Waals surface area contributed by atoms with Gasteiger partial charge in [-0.1, -0.05) is 13.0 Å². The molecule has 2 heteroatoms. The number of nitrogens with one attached hydrogen (secondary N) is 1. The van der Waals surface area contributed by atoms with Crippen molar-refractivity contribution in [2.75, 3.05) is 6.54 Å². The summed E-state index contributed by atoms with van der Waals surface area (Å²) in [5.41, 5.74) is 4.30. The van der Waals surface area contributed by atoms with Crippen LogP contribution in [-0.2, 0) is 19.9 Å². The van der Waals surface area contributed by atoms with E-state index < -0.39 is 0 Å². The van der Waals surface area contributed by atoms with Crippen molar-refractivity contribution >= 4 is 10.9 Å². The van der Waals surface area contributed by atoms with Crippen LogP contribution in [0.5, 0.6) is 0 Å². The number of benzene rings is 1. The van der Waals surface area contributed by atoms with E-state index in [-0.39, 0.29) is 0 Å². The van der Waals surface area contributed by atoms with Gasteiger partial charge in [0.2, 0.25) is 0 Å². The highest BCUT2D eigenvalue weighted by Gasteiger charge is 2.17. The van der Waals surface area contributed by atoms with Crippen LogP contribution in [0.15, 0.2) is 24.4 Å². The Hall–Kier alpha value is -1.28. The molecule has 1 saturated heterocycles. The number of aromatic nitrogens is 1. The molecule has 2 heterocycles. The van der Waals surface area contributed by atoms with E-state index in [2.05, 4.69) is 48.3 Å². The lowest BCUT2D eigenvalue weighted by Gasteiger charge is -2.09. The molecule has 96 valence electrons. The van der Waals surface area contributed by atoms with Gasteiger partial charge < -0.3 is 9.88 Å². The fourth-order valence-electron chi connectivity index (χ4n) is 3.10. The van der Waals surface area contributed by atoms with E-state index in [4.69, 9.17) is 0 Å². The second kappa shape index (κ2) is 4.77. The van der Waals surface area contributed by atoms with Gasteiger partial charge in [0.1, 0.15) is 0 Å². The molecule has 18 heavy (non-hydrogen) atoms. The molecule has 1 aliphatic heterocycles. The fraction of sp³-hybridized carbons (Fsp3) is 0.500. The van der Waals surface area contributed by atoms with E-state index in [1.807, 2.05) is 0 Å². The Kier molecular flexibility index (Phi) is 3.13. The third-order valence-electron chi connectivity index (χ3n) is 4.17. The molecular formula is C16H22N2. The Morgan fingerprint density at radius 2 is 2.28 bits per heavy atom. The summed E-state index contributed by atoms with van der Waals surface area (Å²) < 4.78 is 2.26. The van der Waals surface area contributed by atoms with Gasteiger partial charge in [-0.15, -0.1) is 0 Å². The number of hydrogen-bond donors (Lipinski definition) is 1. The Morgan fingerprint density at radius 3 is 3.00 bits per heavy atom. The molecule has 1 N–H and O–H groups in total. The predicted octanol–water partition coefficient (Wildman–Crippen LogP) is 3.04. The van der Waals surface area contributed by atoms with E-state index in [1.165, 1.54) is 47.8 Å². The first-order chi connectivity index (χ1) is 8.78. The average molecular weight is 242 g/mol. The summed E-state index contributed by atoms with van der Waals surface area (Å²) in [6, 6.07) is 7.57. The Bertz CT molecular complexity index is 547. The average Bonchev–Trinajstić information content (AvgIpc) is 2.99. The lowest BCUT2D eigenvalue weighted by atomic mass is 10.0. The Balaban J connectivity index is 1.99. The maximum atomic E-state index is 3.60. The van der Waals surface area contributed by atoms with Crippen molar-refractivity contribution in [1.29, 1.82) is 0 Å². The normalized spacial score (nSPS) is 19.8. The van der Waals surface area contributed by atoms with Crippen molar-refractivity contribution in [2.24, 2.45) is 7.05 Å². The van der Waals surface area contributed by atoms with Crippen LogP contribution in [-0.4, -0.2) is 17.2 Å². The minimum Gasteiger partial charge on any atom is -0.350 e. The first kappa shape index (κ1) is 11.8. The molecule has 1 unspecified atom stereocenters. The van der Waals surface area contributed by atoms with Crippen molar-refractivity contribution in [3.63, 3.8) is 0 Å². The highest BCUT2D eigenvalue weighted by atomic mass is 14.9. The highest BCUT2D eigenvalue weighted by Crippen LogP contribution is 2.25. The van der Waals surface area contributed by atoms with Crippen LogP contribution < -0.4 is 5.32 Å². The maximum absolute atomic E-state index is 3.60. The third-order valence-corrected chi connectivity index (χ3v) is 4.17. The lowest BCUT2D eigenvalue weighted by molar-refractivity contribution is 0.604. The van der Waals surface area contributed by atoms with E-state index in [0.717, 1.165) is 6.42 Å². The van der Waals surface area contributed by atoms with Gasteiger partial charge >= 0.3 is 0 Å². The van der Waals surface area contributed by atoms with Crippen LogP contribution in [0.3, 0.4) is 0 Å². The van der Waals surface area contributed by atoms with Crippen molar-refractivity contribution in [3.05, 3.63) is 35.5 Å². The number of hydrogen-bond acceptors (Lipinski definition) is 1. The zero-order valence-electron chi connectivity index (χ0n) is 11.4. The molecule has 1 atom stereocenters. The first-order valence-electron chi connectivity index (χ1n) is 7.08. The van der Waals surface area contributed by atoms with Gasteiger partial charge in [0, 0.05) is 30.2 Å². The molecule has 2 aromatic rings. The van der Waals surface area contributed by atoms with Gasteiger partial charge in [-0.3, -0.25) is 0 Å². The van der Waals surface area contributed by atoms with Gasteiger partial charge in [0.15, 0.2) is 0 Å². The molecule has 0 radical (unpaired) electrons. The molecular weight excluding hydrogens is 220 g/mol. The fourth-order valence-corrected chi connectivity index (χ4v) is 3.10. The maximum Gasteiger partial charge on any atom is 0.0480 e. The Labute approximate surface area is 109 Å². The molecule has 0 saturated carbocycles. The van der Waals surface area contributed by atoms with Crippen LogP contribution in [0.25, 0.3) is 10.9 Å². The molecule has 2 nitrogen and oxygen atoms in total. The lowest BCUT2D eigenvalue weighted by Crippen LogP contribution is -2.23. The largest absolute Gasteiger partial charge is 0.350 e. The minimum absolute atomic E-state index is 0.681.